The van der Waals surface area contributed by atoms with Crippen molar-refractivity contribution in [3.8, 4) is 23.3 Å². The van der Waals surface area contributed by atoms with Gasteiger partial charge in [-0.3, -0.25) is 4.79 Å². The largest absolute Gasteiger partial charge is 0.497 e. The third-order valence-corrected chi connectivity index (χ3v) is 5.53. The summed E-state index contributed by atoms with van der Waals surface area (Å²) in [5.41, 5.74) is 2.21. The predicted octanol–water partition coefficient (Wildman–Crippen LogP) is 6.37. The Kier molecular flexibility index (Phi) is 7.84. The van der Waals surface area contributed by atoms with E-state index < -0.39 is 5.91 Å². The third kappa shape index (κ3) is 5.83. The molecule has 0 aromatic heterocycles. The number of anilines is 1. The van der Waals surface area contributed by atoms with Crippen molar-refractivity contribution in [3.63, 3.8) is 0 Å². The third-order valence-electron chi connectivity index (χ3n) is 5.53. The topological polar surface area (TPSA) is 80.6 Å². The molecule has 0 radical (unpaired) electrons. The number of hydrogen-bond acceptors (Lipinski definition) is 5. The van der Waals surface area contributed by atoms with Crippen LogP contribution >= 0.6 is 0 Å². The molecule has 0 atom stereocenters. The molecule has 4 rings (SSSR count). The molecule has 1 N–H and O–H groups in total. The van der Waals surface area contributed by atoms with Gasteiger partial charge in [-0.25, -0.2) is 0 Å². The number of ether oxygens (including phenoxy) is 3. The van der Waals surface area contributed by atoms with Crippen LogP contribution in [0.25, 0.3) is 16.8 Å². The minimum atomic E-state index is -0.514. The maximum absolute atomic E-state index is 12.7. The standard InChI is InChI=1S/C30H26N2O4/c1-3-35-29-17-21(16-24(19-31)30(33)32-25-11-7-12-26(18-25)34-2)14-15-28(29)36-20-23-10-6-9-22-8-4-5-13-27(22)23/h4-18H,3,20H2,1-2H3,(H,32,33)/b24-16+. The van der Waals surface area contributed by atoms with Crippen molar-refractivity contribution >= 4 is 28.4 Å². The highest BCUT2D eigenvalue weighted by molar-refractivity contribution is 6.09. The summed E-state index contributed by atoms with van der Waals surface area (Å²) in [4.78, 5) is 12.7. The summed E-state index contributed by atoms with van der Waals surface area (Å²) >= 11 is 0. The fourth-order valence-electron chi connectivity index (χ4n) is 3.79. The molecule has 1 amide bonds. The minimum absolute atomic E-state index is 0.0373. The lowest BCUT2D eigenvalue weighted by Crippen LogP contribution is -2.13. The van der Waals surface area contributed by atoms with Gasteiger partial charge in [0.15, 0.2) is 11.5 Å². The van der Waals surface area contributed by atoms with Crippen molar-refractivity contribution in [1.82, 2.24) is 0 Å². The Hall–Kier alpha value is -4.76. The lowest BCUT2D eigenvalue weighted by Gasteiger charge is -2.14. The number of nitrogens with zero attached hydrogens (tertiary/aromatic N) is 1. The summed E-state index contributed by atoms with van der Waals surface area (Å²) in [7, 11) is 1.55. The van der Waals surface area contributed by atoms with Crippen molar-refractivity contribution in [1.29, 1.82) is 5.26 Å². The van der Waals surface area contributed by atoms with E-state index in [1.807, 2.05) is 37.3 Å². The molecule has 4 aromatic carbocycles. The highest BCUT2D eigenvalue weighted by atomic mass is 16.5. The fraction of sp³-hybridized carbons (Fsp3) is 0.133. The van der Waals surface area contributed by atoms with Crippen LogP contribution in [0.3, 0.4) is 0 Å². The van der Waals surface area contributed by atoms with E-state index in [-0.39, 0.29) is 5.57 Å². The van der Waals surface area contributed by atoms with Gasteiger partial charge in [-0.15, -0.1) is 0 Å². The second-order valence-electron chi connectivity index (χ2n) is 7.92. The summed E-state index contributed by atoms with van der Waals surface area (Å²) in [6.07, 6.45) is 1.52. The minimum Gasteiger partial charge on any atom is -0.497 e. The van der Waals surface area contributed by atoms with Gasteiger partial charge in [-0.05, 0) is 59.2 Å². The van der Waals surface area contributed by atoms with E-state index in [1.54, 1.807) is 49.6 Å². The first-order valence-electron chi connectivity index (χ1n) is 11.5. The summed E-state index contributed by atoms with van der Waals surface area (Å²) in [6, 6.07) is 28.6. The van der Waals surface area contributed by atoms with Gasteiger partial charge in [0.1, 0.15) is 24.0 Å². The van der Waals surface area contributed by atoms with Gasteiger partial charge in [-0.2, -0.15) is 5.26 Å². The normalized spacial score (nSPS) is 11.0. The van der Waals surface area contributed by atoms with Crippen LogP contribution in [-0.4, -0.2) is 19.6 Å². The Morgan fingerprint density at radius 1 is 0.944 bits per heavy atom. The number of nitrogens with one attached hydrogen (secondary N) is 1. The quantitative estimate of drug-likeness (QED) is 0.223. The van der Waals surface area contributed by atoms with Gasteiger partial charge >= 0.3 is 0 Å². The second-order valence-corrected chi connectivity index (χ2v) is 7.92. The highest BCUT2D eigenvalue weighted by Gasteiger charge is 2.12. The van der Waals surface area contributed by atoms with Gasteiger partial charge in [0, 0.05) is 11.8 Å². The van der Waals surface area contributed by atoms with E-state index >= 15 is 0 Å². The Labute approximate surface area is 210 Å². The van der Waals surface area contributed by atoms with Crippen LogP contribution in [0, 0.1) is 11.3 Å². The number of hydrogen-bond donors (Lipinski definition) is 1. The van der Waals surface area contributed by atoms with Crippen LogP contribution in [0.1, 0.15) is 18.1 Å². The van der Waals surface area contributed by atoms with Gasteiger partial charge in [0.25, 0.3) is 5.91 Å². The SMILES string of the molecule is CCOc1cc(/C=C(\C#N)C(=O)Nc2cccc(OC)c2)ccc1OCc1cccc2ccccc12. The molecule has 0 aliphatic rings. The number of amides is 1. The Morgan fingerprint density at radius 3 is 2.56 bits per heavy atom. The molecular formula is C30H26N2O4. The molecule has 180 valence electrons. The number of fused-ring (bicyclic) bond motifs is 1. The molecule has 36 heavy (non-hydrogen) atoms. The zero-order valence-corrected chi connectivity index (χ0v) is 20.2. The summed E-state index contributed by atoms with van der Waals surface area (Å²) < 4.78 is 17.1. The van der Waals surface area contributed by atoms with Crippen LogP contribution in [0.4, 0.5) is 5.69 Å². The average Bonchev–Trinajstić information content (AvgIpc) is 2.91. The van der Waals surface area contributed by atoms with E-state index in [9.17, 15) is 10.1 Å². The van der Waals surface area contributed by atoms with Gasteiger partial charge in [0.05, 0.1) is 13.7 Å². The van der Waals surface area contributed by atoms with Crippen LogP contribution in [-0.2, 0) is 11.4 Å². The first-order chi connectivity index (χ1) is 17.6. The number of nitriles is 1. The van der Waals surface area contributed by atoms with Crippen molar-refractivity contribution < 1.29 is 19.0 Å². The zero-order chi connectivity index (χ0) is 25.3. The predicted molar refractivity (Wildman–Crippen MR) is 141 cm³/mol. The second kappa shape index (κ2) is 11.6. The van der Waals surface area contributed by atoms with E-state index in [1.165, 1.54) is 6.08 Å². The molecule has 0 saturated carbocycles. The van der Waals surface area contributed by atoms with E-state index in [4.69, 9.17) is 14.2 Å². The molecule has 0 fully saturated rings. The summed E-state index contributed by atoms with van der Waals surface area (Å²) in [6.45, 7) is 2.71. The van der Waals surface area contributed by atoms with Gasteiger partial charge in [-0.1, -0.05) is 54.6 Å². The average molecular weight is 479 g/mol. The van der Waals surface area contributed by atoms with Crippen LogP contribution < -0.4 is 19.5 Å². The van der Waals surface area contributed by atoms with Crippen molar-refractivity contribution in [2.75, 3.05) is 19.0 Å². The van der Waals surface area contributed by atoms with Crippen molar-refractivity contribution in [2.45, 2.75) is 13.5 Å². The molecule has 0 unspecified atom stereocenters. The number of benzene rings is 4. The maximum atomic E-state index is 12.7. The maximum Gasteiger partial charge on any atom is 0.266 e. The number of carbonyl (C=O) groups is 1. The monoisotopic (exact) mass is 478 g/mol. The molecule has 4 aromatic rings. The molecule has 0 aliphatic heterocycles. The van der Waals surface area contributed by atoms with Crippen LogP contribution in [0.15, 0.2) is 90.5 Å². The fourth-order valence-corrected chi connectivity index (χ4v) is 3.79. The zero-order valence-electron chi connectivity index (χ0n) is 20.2. The molecule has 0 bridgehead atoms. The molecule has 0 saturated heterocycles. The molecular weight excluding hydrogens is 452 g/mol. The lowest BCUT2D eigenvalue weighted by atomic mass is 10.1. The van der Waals surface area contributed by atoms with E-state index in [2.05, 4.69) is 23.5 Å². The molecule has 0 heterocycles. The Bertz CT molecular complexity index is 1450. The van der Waals surface area contributed by atoms with Gasteiger partial charge in [0.2, 0.25) is 0 Å². The smallest absolute Gasteiger partial charge is 0.266 e. The summed E-state index contributed by atoms with van der Waals surface area (Å²) in [5.74, 6) is 1.22. The van der Waals surface area contributed by atoms with Crippen LogP contribution in [0.2, 0.25) is 0 Å². The van der Waals surface area contributed by atoms with Gasteiger partial charge < -0.3 is 19.5 Å². The van der Waals surface area contributed by atoms with E-state index in [0.717, 1.165) is 16.3 Å². The summed E-state index contributed by atoms with van der Waals surface area (Å²) in [5, 5.41) is 14.6. The molecule has 0 spiro atoms. The number of rotatable bonds is 9. The number of carbonyl (C=O) groups excluding carboxylic acids is 1. The molecule has 0 aliphatic carbocycles. The number of methoxy groups -OCH3 is 1. The first kappa shape index (κ1) is 24.4. The highest BCUT2D eigenvalue weighted by Crippen LogP contribution is 2.31. The van der Waals surface area contributed by atoms with Crippen molar-refractivity contribution in [2.24, 2.45) is 0 Å². The Balaban J connectivity index is 1.53. The first-order valence-corrected chi connectivity index (χ1v) is 11.5. The molecule has 6 nitrogen and oxygen atoms in total. The van der Waals surface area contributed by atoms with Crippen LogP contribution in [0.5, 0.6) is 17.2 Å². The Morgan fingerprint density at radius 2 is 1.75 bits per heavy atom. The lowest BCUT2D eigenvalue weighted by molar-refractivity contribution is -0.112. The van der Waals surface area contributed by atoms with Crippen molar-refractivity contribution in [3.05, 3.63) is 102 Å². The molecule has 6 heteroatoms. The van der Waals surface area contributed by atoms with E-state index in [0.29, 0.717) is 41.7 Å².